The van der Waals surface area contributed by atoms with Crippen molar-refractivity contribution in [3.05, 3.63) is 34.3 Å². The summed E-state index contributed by atoms with van der Waals surface area (Å²) in [7, 11) is 1.65. The van der Waals surface area contributed by atoms with E-state index in [9.17, 15) is 14.4 Å². The standard InChI is InChI=1S/C17H22N6O3S/c1-11(2)23-8-12(19-20-23)7-14-16(25)22(17(26)18-14)10-15(24)21(3)9-13-5-4-6-27-13/h4-6,8,11,14H,7,9-10H2,1-3H3,(H,18,26)/t14-/m0/s1. The molecule has 1 fully saturated rings. The van der Waals surface area contributed by atoms with Gasteiger partial charge in [-0.05, 0) is 25.3 Å². The molecule has 0 spiro atoms. The van der Waals surface area contributed by atoms with Gasteiger partial charge in [-0.3, -0.25) is 14.5 Å². The van der Waals surface area contributed by atoms with Crippen molar-refractivity contribution < 1.29 is 14.4 Å². The number of likely N-dealkylation sites (N-methyl/N-ethyl adjacent to an activating group) is 1. The topological polar surface area (TPSA) is 100 Å². The Labute approximate surface area is 160 Å². The number of imide groups is 1. The number of nitrogens with one attached hydrogen (secondary N) is 1. The van der Waals surface area contributed by atoms with Gasteiger partial charge in [0, 0.05) is 30.6 Å². The fraction of sp³-hybridized carbons (Fsp3) is 0.471. The zero-order valence-electron chi connectivity index (χ0n) is 15.5. The Morgan fingerprint density at radius 1 is 1.41 bits per heavy atom. The van der Waals surface area contributed by atoms with Gasteiger partial charge in [-0.2, -0.15) is 0 Å². The van der Waals surface area contributed by atoms with Crippen molar-refractivity contribution >= 4 is 29.2 Å². The van der Waals surface area contributed by atoms with Crippen LogP contribution in [-0.4, -0.2) is 62.3 Å². The molecule has 2 aromatic rings. The Balaban J connectivity index is 1.59. The molecular formula is C17H22N6O3S. The molecule has 0 bridgehead atoms. The number of aromatic nitrogens is 3. The molecule has 0 unspecified atom stereocenters. The van der Waals surface area contributed by atoms with Crippen LogP contribution in [0.5, 0.6) is 0 Å². The van der Waals surface area contributed by atoms with E-state index >= 15 is 0 Å². The quantitative estimate of drug-likeness (QED) is 0.712. The molecule has 0 saturated carbocycles. The smallest absolute Gasteiger partial charge is 0.325 e. The summed E-state index contributed by atoms with van der Waals surface area (Å²) in [5.41, 5.74) is 0.616. The minimum atomic E-state index is -0.731. The maximum Gasteiger partial charge on any atom is 0.325 e. The average molecular weight is 390 g/mol. The molecule has 27 heavy (non-hydrogen) atoms. The van der Waals surface area contributed by atoms with Gasteiger partial charge >= 0.3 is 6.03 Å². The third-order valence-corrected chi connectivity index (χ3v) is 5.16. The van der Waals surface area contributed by atoms with E-state index in [-0.39, 0.29) is 24.9 Å². The number of carbonyl (C=O) groups excluding carboxylic acids is 3. The van der Waals surface area contributed by atoms with Gasteiger partial charge in [0.1, 0.15) is 12.6 Å². The van der Waals surface area contributed by atoms with Crippen LogP contribution in [0.4, 0.5) is 4.79 Å². The van der Waals surface area contributed by atoms with E-state index in [1.54, 1.807) is 29.3 Å². The number of amides is 4. The van der Waals surface area contributed by atoms with Gasteiger partial charge in [-0.1, -0.05) is 11.3 Å². The second-order valence-electron chi connectivity index (χ2n) is 6.74. The molecule has 9 nitrogen and oxygen atoms in total. The summed E-state index contributed by atoms with van der Waals surface area (Å²) in [5, 5.41) is 12.6. The van der Waals surface area contributed by atoms with Crippen LogP contribution >= 0.6 is 11.3 Å². The predicted octanol–water partition coefficient (Wildman–Crippen LogP) is 1.04. The second kappa shape index (κ2) is 7.87. The maximum absolute atomic E-state index is 12.6. The summed E-state index contributed by atoms with van der Waals surface area (Å²) in [4.78, 5) is 40.6. The first-order chi connectivity index (χ1) is 12.8. The van der Waals surface area contributed by atoms with Crippen LogP contribution in [-0.2, 0) is 22.6 Å². The van der Waals surface area contributed by atoms with Crippen LogP contribution in [0.1, 0.15) is 30.5 Å². The van der Waals surface area contributed by atoms with Gasteiger partial charge in [0.05, 0.1) is 12.2 Å². The average Bonchev–Trinajstić information content (AvgIpc) is 3.34. The summed E-state index contributed by atoms with van der Waals surface area (Å²) >= 11 is 1.55. The largest absolute Gasteiger partial charge is 0.339 e. The highest BCUT2D eigenvalue weighted by Crippen LogP contribution is 2.14. The molecule has 1 N–H and O–H groups in total. The number of rotatable bonds is 7. The number of hydrogen-bond donors (Lipinski definition) is 1. The van der Waals surface area contributed by atoms with Crippen LogP contribution in [0.2, 0.25) is 0 Å². The number of urea groups is 1. The first kappa shape index (κ1) is 19.0. The van der Waals surface area contributed by atoms with Gasteiger partial charge in [0.2, 0.25) is 5.91 Å². The van der Waals surface area contributed by atoms with Gasteiger partial charge in [-0.15, -0.1) is 16.4 Å². The van der Waals surface area contributed by atoms with Gasteiger partial charge in [0.15, 0.2) is 0 Å². The van der Waals surface area contributed by atoms with Crippen LogP contribution in [0.25, 0.3) is 0 Å². The number of carbonyl (C=O) groups is 3. The molecule has 0 aromatic carbocycles. The summed E-state index contributed by atoms with van der Waals surface area (Å²) in [6, 6.07) is 2.72. The first-order valence-electron chi connectivity index (χ1n) is 8.64. The fourth-order valence-corrected chi connectivity index (χ4v) is 3.47. The van der Waals surface area contributed by atoms with Gasteiger partial charge in [0.25, 0.3) is 5.91 Å². The summed E-state index contributed by atoms with van der Waals surface area (Å²) in [5.74, 6) is -0.713. The summed E-state index contributed by atoms with van der Waals surface area (Å²) < 4.78 is 1.69. The van der Waals surface area contributed by atoms with Crippen molar-refractivity contribution in [1.82, 2.24) is 30.1 Å². The zero-order valence-corrected chi connectivity index (χ0v) is 16.3. The van der Waals surface area contributed by atoms with E-state index in [0.29, 0.717) is 12.2 Å². The highest BCUT2D eigenvalue weighted by Gasteiger charge is 2.39. The second-order valence-corrected chi connectivity index (χ2v) is 7.78. The van der Waals surface area contributed by atoms with E-state index in [1.807, 2.05) is 31.4 Å². The van der Waals surface area contributed by atoms with Crippen LogP contribution in [0, 0.1) is 0 Å². The van der Waals surface area contributed by atoms with Crippen molar-refractivity contribution in [3.63, 3.8) is 0 Å². The Morgan fingerprint density at radius 3 is 2.81 bits per heavy atom. The lowest BCUT2D eigenvalue weighted by molar-refractivity contribution is -0.136. The van der Waals surface area contributed by atoms with E-state index < -0.39 is 18.0 Å². The van der Waals surface area contributed by atoms with Crippen molar-refractivity contribution in [2.45, 2.75) is 38.9 Å². The highest BCUT2D eigenvalue weighted by molar-refractivity contribution is 7.09. The minimum absolute atomic E-state index is 0.160. The maximum atomic E-state index is 12.6. The predicted molar refractivity (Wildman–Crippen MR) is 98.9 cm³/mol. The Hall–Kier alpha value is -2.75. The highest BCUT2D eigenvalue weighted by atomic mass is 32.1. The molecule has 0 aliphatic carbocycles. The molecule has 1 saturated heterocycles. The molecule has 2 aromatic heterocycles. The molecule has 4 amide bonds. The normalized spacial score (nSPS) is 16.9. The lowest BCUT2D eigenvalue weighted by Crippen LogP contribution is -2.41. The van der Waals surface area contributed by atoms with E-state index in [1.165, 1.54) is 4.90 Å². The van der Waals surface area contributed by atoms with Crippen molar-refractivity contribution in [3.8, 4) is 0 Å². The Bertz CT molecular complexity index is 832. The Morgan fingerprint density at radius 2 is 2.19 bits per heavy atom. The molecular weight excluding hydrogens is 368 g/mol. The molecule has 1 aliphatic rings. The van der Waals surface area contributed by atoms with Crippen molar-refractivity contribution in [2.24, 2.45) is 0 Å². The first-order valence-corrected chi connectivity index (χ1v) is 9.52. The third kappa shape index (κ3) is 4.33. The monoisotopic (exact) mass is 390 g/mol. The number of nitrogens with zero attached hydrogens (tertiary/aromatic N) is 5. The third-order valence-electron chi connectivity index (χ3n) is 4.30. The molecule has 3 heterocycles. The number of thiophene rings is 1. The van der Waals surface area contributed by atoms with Crippen molar-refractivity contribution in [2.75, 3.05) is 13.6 Å². The number of hydrogen-bond acceptors (Lipinski definition) is 6. The summed E-state index contributed by atoms with van der Waals surface area (Å²) in [6.45, 7) is 4.12. The van der Waals surface area contributed by atoms with Crippen LogP contribution < -0.4 is 5.32 Å². The van der Waals surface area contributed by atoms with Crippen LogP contribution in [0.15, 0.2) is 23.7 Å². The molecule has 144 valence electrons. The van der Waals surface area contributed by atoms with Gasteiger partial charge in [-0.25, -0.2) is 9.48 Å². The van der Waals surface area contributed by atoms with Crippen LogP contribution in [0.3, 0.4) is 0 Å². The zero-order chi connectivity index (χ0) is 19.6. The molecule has 1 aliphatic heterocycles. The van der Waals surface area contributed by atoms with E-state index in [4.69, 9.17) is 0 Å². The fourth-order valence-electron chi connectivity index (χ4n) is 2.71. The lowest BCUT2D eigenvalue weighted by atomic mass is 10.1. The summed E-state index contributed by atoms with van der Waals surface area (Å²) in [6.07, 6.45) is 2.00. The Kier molecular flexibility index (Phi) is 5.54. The molecule has 0 radical (unpaired) electrons. The molecule has 10 heteroatoms. The molecule has 1 atom stereocenters. The lowest BCUT2D eigenvalue weighted by Gasteiger charge is -2.19. The van der Waals surface area contributed by atoms with E-state index in [2.05, 4.69) is 15.6 Å². The SMILES string of the molecule is CC(C)n1cc(C[C@@H]2NC(=O)N(CC(=O)N(C)Cc3cccs3)C2=O)nn1. The van der Waals surface area contributed by atoms with E-state index in [0.717, 1.165) is 9.78 Å². The molecule has 3 rings (SSSR count). The van der Waals surface area contributed by atoms with Crippen molar-refractivity contribution in [1.29, 1.82) is 0 Å². The van der Waals surface area contributed by atoms with Gasteiger partial charge < -0.3 is 10.2 Å². The minimum Gasteiger partial charge on any atom is -0.339 e.